The number of halogens is 1. The highest BCUT2D eigenvalue weighted by molar-refractivity contribution is 9.10. The molecule has 90 valence electrons. The van der Waals surface area contributed by atoms with E-state index in [1.54, 1.807) is 4.68 Å². The third-order valence-corrected chi connectivity index (χ3v) is 3.21. The van der Waals surface area contributed by atoms with Crippen LogP contribution in [0.4, 0.5) is 0 Å². The van der Waals surface area contributed by atoms with Crippen molar-refractivity contribution < 1.29 is 0 Å². The van der Waals surface area contributed by atoms with Gasteiger partial charge < -0.3 is 5.32 Å². The van der Waals surface area contributed by atoms with Crippen molar-refractivity contribution in [1.82, 2.24) is 20.3 Å². The molecule has 0 aliphatic heterocycles. The molecule has 0 saturated heterocycles. The Hall–Kier alpha value is -1.20. The molecule has 0 fully saturated rings. The minimum Gasteiger partial charge on any atom is -0.305 e. The smallest absolute Gasteiger partial charge is 0.153 e. The van der Waals surface area contributed by atoms with E-state index in [-0.39, 0.29) is 6.04 Å². The number of nitrogens with one attached hydrogen (secondary N) is 1. The molecule has 17 heavy (non-hydrogen) atoms. The fourth-order valence-electron chi connectivity index (χ4n) is 1.87. The summed E-state index contributed by atoms with van der Waals surface area (Å²) >= 11 is 3.45. The zero-order valence-electron chi connectivity index (χ0n) is 9.89. The van der Waals surface area contributed by atoms with E-state index in [0.29, 0.717) is 0 Å². The van der Waals surface area contributed by atoms with Crippen LogP contribution < -0.4 is 5.32 Å². The third-order valence-electron chi connectivity index (χ3n) is 2.64. The Kier molecular flexibility index (Phi) is 3.91. The van der Waals surface area contributed by atoms with Gasteiger partial charge in [0, 0.05) is 7.05 Å². The van der Waals surface area contributed by atoms with Crippen molar-refractivity contribution in [2.45, 2.75) is 13.0 Å². The number of aromatic nitrogens is 3. The normalized spacial score (nSPS) is 12.6. The van der Waals surface area contributed by atoms with Crippen LogP contribution in [0.5, 0.6) is 0 Å². The highest BCUT2D eigenvalue weighted by Gasteiger charge is 2.20. The summed E-state index contributed by atoms with van der Waals surface area (Å²) in [6, 6.07) is 10.4. The molecule has 4 nitrogen and oxygen atoms in total. The fraction of sp³-hybridized carbons (Fsp3) is 0.333. The average Bonchev–Trinajstić information content (AvgIpc) is 2.68. The van der Waals surface area contributed by atoms with Gasteiger partial charge in [0.1, 0.15) is 0 Å². The number of nitrogens with zero attached hydrogens (tertiary/aromatic N) is 3. The Morgan fingerprint density at radius 2 is 2.06 bits per heavy atom. The Bertz CT molecular complexity index is 461. The molecule has 1 aromatic heterocycles. The van der Waals surface area contributed by atoms with E-state index in [1.807, 2.05) is 25.2 Å². The highest BCUT2D eigenvalue weighted by atomic mass is 79.9. The van der Waals surface area contributed by atoms with Crippen LogP contribution in [0.3, 0.4) is 0 Å². The van der Waals surface area contributed by atoms with Gasteiger partial charge in [0.2, 0.25) is 0 Å². The van der Waals surface area contributed by atoms with E-state index in [9.17, 15) is 0 Å². The Morgan fingerprint density at radius 1 is 1.35 bits per heavy atom. The van der Waals surface area contributed by atoms with Crippen LogP contribution in [0.25, 0.3) is 0 Å². The summed E-state index contributed by atoms with van der Waals surface area (Å²) in [4.78, 5) is 0. The lowest BCUT2D eigenvalue weighted by Gasteiger charge is -2.18. The van der Waals surface area contributed by atoms with Gasteiger partial charge in [-0.3, -0.25) is 0 Å². The topological polar surface area (TPSA) is 42.7 Å². The average molecular weight is 295 g/mol. The quantitative estimate of drug-likeness (QED) is 0.941. The summed E-state index contributed by atoms with van der Waals surface area (Å²) < 4.78 is 2.58. The monoisotopic (exact) mass is 294 g/mol. The summed E-state index contributed by atoms with van der Waals surface area (Å²) in [5.41, 5.74) is 2.25. The third kappa shape index (κ3) is 2.56. The molecule has 0 bridgehead atoms. The van der Waals surface area contributed by atoms with E-state index in [2.05, 4.69) is 50.6 Å². The van der Waals surface area contributed by atoms with E-state index < -0.39 is 0 Å². The molecule has 0 radical (unpaired) electrons. The van der Waals surface area contributed by atoms with Crippen LogP contribution >= 0.6 is 15.9 Å². The lowest BCUT2D eigenvalue weighted by Crippen LogP contribution is -2.24. The fourth-order valence-corrected chi connectivity index (χ4v) is 2.42. The van der Waals surface area contributed by atoms with Crippen molar-refractivity contribution in [2.75, 3.05) is 6.54 Å². The van der Waals surface area contributed by atoms with Crippen LogP contribution in [-0.4, -0.2) is 21.5 Å². The van der Waals surface area contributed by atoms with E-state index in [1.165, 1.54) is 5.56 Å². The Labute approximate surface area is 109 Å². The lowest BCUT2D eigenvalue weighted by molar-refractivity contribution is 0.567. The molecule has 0 saturated carbocycles. The molecule has 2 aromatic rings. The first-order valence-corrected chi connectivity index (χ1v) is 6.36. The molecule has 1 atom stereocenters. The van der Waals surface area contributed by atoms with Crippen molar-refractivity contribution in [3.8, 4) is 0 Å². The van der Waals surface area contributed by atoms with Gasteiger partial charge in [0.15, 0.2) is 4.60 Å². The number of hydrogen-bond acceptors (Lipinski definition) is 3. The zero-order chi connectivity index (χ0) is 12.3. The van der Waals surface area contributed by atoms with Gasteiger partial charge in [-0.25, -0.2) is 4.68 Å². The highest BCUT2D eigenvalue weighted by Crippen LogP contribution is 2.26. The lowest BCUT2D eigenvalue weighted by atomic mass is 10.0. The molecule has 1 unspecified atom stereocenters. The van der Waals surface area contributed by atoms with Gasteiger partial charge in [-0.05, 0) is 28.0 Å². The van der Waals surface area contributed by atoms with Gasteiger partial charge in [-0.15, -0.1) is 5.10 Å². The summed E-state index contributed by atoms with van der Waals surface area (Å²) in [7, 11) is 1.90. The van der Waals surface area contributed by atoms with Crippen molar-refractivity contribution in [3.05, 3.63) is 46.2 Å². The van der Waals surface area contributed by atoms with E-state index >= 15 is 0 Å². The van der Waals surface area contributed by atoms with E-state index in [4.69, 9.17) is 0 Å². The molecule has 0 amide bonds. The largest absolute Gasteiger partial charge is 0.305 e. The molecule has 0 aliphatic carbocycles. The summed E-state index contributed by atoms with van der Waals surface area (Å²) in [6.07, 6.45) is 0. The van der Waals surface area contributed by atoms with Gasteiger partial charge >= 0.3 is 0 Å². The maximum absolute atomic E-state index is 4.03. The van der Waals surface area contributed by atoms with Gasteiger partial charge in [-0.1, -0.05) is 42.5 Å². The first kappa shape index (κ1) is 12.3. The molecule has 5 heteroatoms. The van der Waals surface area contributed by atoms with E-state index in [0.717, 1.165) is 16.8 Å². The second kappa shape index (κ2) is 5.42. The van der Waals surface area contributed by atoms with Crippen molar-refractivity contribution in [2.24, 2.45) is 7.05 Å². The molecular weight excluding hydrogens is 280 g/mol. The Balaban J connectivity index is 2.43. The summed E-state index contributed by atoms with van der Waals surface area (Å²) in [5, 5.41) is 11.5. The van der Waals surface area contributed by atoms with Crippen LogP contribution in [0.15, 0.2) is 34.9 Å². The second-order valence-corrected chi connectivity index (χ2v) is 4.54. The molecule has 0 spiro atoms. The van der Waals surface area contributed by atoms with Gasteiger partial charge in [0.25, 0.3) is 0 Å². The zero-order valence-corrected chi connectivity index (χ0v) is 11.5. The predicted molar refractivity (Wildman–Crippen MR) is 70.7 cm³/mol. The van der Waals surface area contributed by atoms with Crippen molar-refractivity contribution in [3.63, 3.8) is 0 Å². The number of aryl methyl sites for hydroxylation is 1. The number of hydrogen-bond donors (Lipinski definition) is 1. The number of benzene rings is 1. The minimum absolute atomic E-state index is 0.107. The van der Waals surface area contributed by atoms with Crippen LogP contribution in [0.1, 0.15) is 24.2 Å². The Morgan fingerprint density at radius 3 is 2.59 bits per heavy atom. The van der Waals surface area contributed by atoms with Crippen molar-refractivity contribution in [1.29, 1.82) is 0 Å². The molecule has 0 aliphatic rings. The second-order valence-electron chi connectivity index (χ2n) is 3.79. The van der Waals surface area contributed by atoms with Crippen LogP contribution in [-0.2, 0) is 7.05 Å². The first-order chi connectivity index (χ1) is 8.24. The van der Waals surface area contributed by atoms with Gasteiger partial charge in [-0.2, -0.15) is 0 Å². The maximum atomic E-state index is 4.03. The maximum Gasteiger partial charge on any atom is 0.153 e. The first-order valence-electron chi connectivity index (χ1n) is 5.57. The minimum atomic E-state index is 0.107. The number of rotatable bonds is 4. The van der Waals surface area contributed by atoms with Gasteiger partial charge in [0.05, 0.1) is 11.7 Å². The summed E-state index contributed by atoms with van der Waals surface area (Å²) in [5.74, 6) is 0. The molecular formula is C12H15BrN4. The van der Waals surface area contributed by atoms with Crippen molar-refractivity contribution >= 4 is 15.9 Å². The molecule has 2 rings (SSSR count). The standard InChI is InChI=1S/C12H15BrN4/c1-3-14-10(9-7-5-4-6-8-9)11-12(13)15-16-17(11)2/h4-8,10,14H,3H2,1-2H3. The predicted octanol–water partition coefficient (Wildman–Crippen LogP) is 2.28. The van der Waals surface area contributed by atoms with Crippen LogP contribution in [0, 0.1) is 0 Å². The SMILES string of the molecule is CCNC(c1ccccc1)c1c(Br)nnn1C. The molecule has 1 aromatic carbocycles. The summed E-state index contributed by atoms with van der Waals surface area (Å²) in [6.45, 7) is 2.98. The molecule has 1 N–H and O–H groups in total. The molecule has 1 heterocycles. The van der Waals surface area contributed by atoms with Crippen LogP contribution in [0.2, 0.25) is 0 Å².